The molecule has 0 aliphatic carbocycles. The second-order valence-electron chi connectivity index (χ2n) is 14.6. The van der Waals surface area contributed by atoms with Gasteiger partial charge in [-0.1, -0.05) is 30.9 Å². The average Bonchev–Trinajstić information content (AvgIpc) is 3.35. The number of carbonyl (C=O) groups excluding carboxylic acids is 3. The van der Waals surface area contributed by atoms with Crippen molar-refractivity contribution in [2.75, 3.05) is 59.1 Å². The maximum absolute atomic E-state index is 14.7. The second-order valence-corrected chi connectivity index (χ2v) is 16.6. The molecule has 15 nitrogen and oxygen atoms in total. The number of unbranched alkanes of at least 4 members (excludes halogenated alkanes) is 2. The summed E-state index contributed by atoms with van der Waals surface area (Å²) in [5.74, 6) is -0.00964. The van der Waals surface area contributed by atoms with Gasteiger partial charge < -0.3 is 38.1 Å². The molecule has 0 N–H and O–H groups in total. The van der Waals surface area contributed by atoms with E-state index >= 15 is 0 Å². The first kappa shape index (κ1) is 43.1. The van der Waals surface area contributed by atoms with Gasteiger partial charge in [-0.2, -0.15) is 4.31 Å². The number of benzene rings is 2. The lowest BCUT2D eigenvalue weighted by molar-refractivity contribution is -0.196. The van der Waals surface area contributed by atoms with Gasteiger partial charge in [0, 0.05) is 39.3 Å². The lowest BCUT2D eigenvalue weighted by Gasteiger charge is -2.42. The molecule has 0 radical (unpaired) electrons. The lowest BCUT2D eigenvalue weighted by atomic mass is 9.92. The molecule has 0 bridgehead atoms. The molecule has 2 aromatic rings. The Bertz CT molecular complexity index is 1910. The molecule has 0 saturated carbocycles. The highest BCUT2D eigenvalue weighted by molar-refractivity contribution is 7.89. The van der Waals surface area contributed by atoms with E-state index in [-0.39, 0.29) is 54.2 Å². The molecule has 3 unspecified atom stereocenters. The van der Waals surface area contributed by atoms with Crippen LogP contribution >= 0.6 is 0 Å². The molecular weight excluding hydrogens is 771 g/mol. The van der Waals surface area contributed by atoms with Gasteiger partial charge >= 0.3 is 12.1 Å². The molecule has 4 aliphatic rings. The Labute approximate surface area is 340 Å². The van der Waals surface area contributed by atoms with E-state index in [1.807, 2.05) is 6.08 Å². The van der Waals surface area contributed by atoms with Crippen LogP contribution in [-0.2, 0) is 38.5 Å². The predicted octanol–water partition coefficient (Wildman–Crippen LogP) is 6.26. The average molecular weight is 826 g/mol. The van der Waals surface area contributed by atoms with E-state index in [2.05, 4.69) is 6.58 Å². The highest BCUT2D eigenvalue weighted by Crippen LogP contribution is 2.43. The summed E-state index contributed by atoms with van der Waals surface area (Å²) in [6.45, 7) is 5.09. The fourth-order valence-electron chi connectivity index (χ4n) is 7.68. The van der Waals surface area contributed by atoms with Crippen LogP contribution in [0.3, 0.4) is 0 Å². The number of fused-ring (bicyclic) bond motifs is 2. The molecule has 0 aromatic heterocycles. The summed E-state index contributed by atoms with van der Waals surface area (Å²) in [6.07, 6.45) is 7.72. The molecule has 4 heterocycles. The minimum absolute atomic E-state index is 0.0901. The normalized spacial score (nSPS) is 22.3. The minimum atomic E-state index is -3.82. The number of ether oxygens (including phenoxy) is 7. The molecule has 2 amide bonds. The molecule has 6 rings (SSSR count). The third kappa shape index (κ3) is 9.85. The molecule has 4 atom stereocenters. The monoisotopic (exact) mass is 825 g/mol. The molecule has 4 aliphatic heterocycles. The van der Waals surface area contributed by atoms with Crippen LogP contribution in [0, 0.1) is 0 Å². The maximum atomic E-state index is 14.7. The summed E-state index contributed by atoms with van der Waals surface area (Å²) in [6, 6.07) is 9.15. The van der Waals surface area contributed by atoms with Gasteiger partial charge in [-0.05, 0) is 93.5 Å². The summed E-state index contributed by atoms with van der Waals surface area (Å²) < 4.78 is 69.2. The molecule has 316 valence electrons. The van der Waals surface area contributed by atoms with Crippen LogP contribution in [0.1, 0.15) is 86.6 Å². The van der Waals surface area contributed by atoms with Gasteiger partial charge in [0.05, 0.1) is 43.0 Å². The zero-order valence-corrected chi connectivity index (χ0v) is 34.4. The Morgan fingerprint density at radius 2 is 1.74 bits per heavy atom. The molecule has 0 spiro atoms. The number of esters is 1. The van der Waals surface area contributed by atoms with Crippen molar-refractivity contribution in [3.05, 3.63) is 66.3 Å². The van der Waals surface area contributed by atoms with Crippen molar-refractivity contribution >= 4 is 39.3 Å². The van der Waals surface area contributed by atoms with E-state index in [1.54, 1.807) is 48.3 Å². The number of methoxy groups -OCH3 is 2. The summed E-state index contributed by atoms with van der Waals surface area (Å²) >= 11 is 0. The molecular formula is C42H55N3O12S. The van der Waals surface area contributed by atoms with Gasteiger partial charge in [0.2, 0.25) is 10.0 Å². The standard InChI is InChI=1S/C42H55N3O12S/c1-5-22-56-42(48)45-33-28-36(53-23-10-6-7-14-38(46)52-4)35(51-3)27-32(33)40(47)44-21-20-30(26-34(44)41(45)57-39-15-9-12-25-55-39)29-16-18-31(19-17-29)58(49,50)43(2)37-13-8-11-24-54-37/h5,16-20,27-28,34,37,39,41H,1,6-15,21-26H2,2-4H3/t34-,37?,39?,41?/m0/s1. The third-order valence-corrected chi connectivity index (χ3v) is 12.8. The summed E-state index contributed by atoms with van der Waals surface area (Å²) in [5, 5.41) is 0. The minimum Gasteiger partial charge on any atom is -0.493 e. The van der Waals surface area contributed by atoms with Crippen LogP contribution in [0.2, 0.25) is 0 Å². The molecule has 2 fully saturated rings. The van der Waals surface area contributed by atoms with Crippen molar-refractivity contribution in [2.24, 2.45) is 0 Å². The van der Waals surface area contributed by atoms with Crippen molar-refractivity contribution in [2.45, 2.75) is 100 Å². The van der Waals surface area contributed by atoms with Crippen molar-refractivity contribution in [3.8, 4) is 11.5 Å². The van der Waals surface area contributed by atoms with Crippen LogP contribution in [0.25, 0.3) is 5.57 Å². The zero-order valence-electron chi connectivity index (χ0n) is 33.6. The van der Waals surface area contributed by atoms with E-state index in [4.69, 9.17) is 33.2 Å². The Morgan fingerprint density at radius 3 is 2.41 bits per heavy atom. The third-order valence-electron chi connectivity index (χ3n) is 10.9. The Morgan fingerprint density at radius 1 is 0.983 bits per heavy atom. The number of rotatable bonds is 16. The lowest BCUT2D eigenvalue weighted by Crippen LogP contribution is -2.57. The van der Waals surface area contributed by atoms with E-state index < -0.39 is 40.9 Å². The number of amides is 2. The van der Waals surface area contributed by atoms with Crippen LogP contribution in [0.15, 0.2) is 60.0 Å². The van der Waals surface area contributed by atoms with Crippen LogP contribution in [0.5, 0.6) is 11.5 Å². The molecule has 2 aromatic carbocycles. The van der Waals surface area contributed by atoms with Crippen LogP contribution in [0.4, 0.5) is 10.5 Å². The van der Waals surface area contributed by atoms with Crippen molar-refractivity contribution < 1.29 is 56.0 Å². The largest absolute Gasteiger partial charge is 0.493 e. The van der Waals surface area contributed by atoms with Crippen molar-refractivity contribution in [3.63, 3.8) is 0 Å². The number of anilines is 1. The highest BCUT2D eigenvalue weighted by atomic mass is 32.2. The number of carbonyl (C=O) groups is 3. The first-order valence-corrected chi connectivity index (χ1v) is 21.5. The second kappa shape index (κ2) is 20.0. The molecule has 16 heteroatoms. The van der Waals surface area contributed by atoms with E-state index in [9.17, 15) is 22.8 Å². The first-order chi connectivity index (χ1) is 28.1. The van der Waals surface area contributed by atoms with E-state index in [1.165, 1.54) is 29.5 Å². The van der Waals surface area contributed by atoms with Gasteiger partial charge in [-0.25, -0.2) is 18.1 Å². The van der Waals surface area contributed by atoms with Crippen LogP contribution in [-0.4, -0.2) is 115 Å². The SMILES string of the molecule is C=CCOC(=O)N1c2cc(OCCCCCC(=O)OC)c(OC)cc2C(=O)N2CC=C(c3ccc(S(=O)(=O)N(C)C4CCCCO4)cc3)C[C@H]2C1OC1CCCCO1. The summed E-state index contributed by atoms with van der Waals surface area (Å²) in [5.41, 5.74) is 2.02. The van der Waals surface area contributed by atoms with Gasteiger partial charge in [0.25, 0.3) is 5.91 Å². The summed E-state index contributed by atoms with van der Waals surface area (Å²) in [7, 11) is 0.559. The number of hydrogen-bond donors (Lipinski definition) is 0. The highest BCUT2D eigenvalue weighted by Gasteiger charge is 2.47. The number of sulfonamides is 1. The topological polar surface area (TPSA) is 160 Å². The summed E-state index contributed by atoms with van der Waals surface area (Å²) in [4.78, 5) is 43.7. The maximum Gasteiger partial charge on any atom is 0.416 e. The van der Waals surface area contributed by atoms with Gasteiger partial charge in [-0.3, -0.25) is 9.59 Å². The van der Waals surface area contributed by atoms with Crippen molar-refractivity contribution in [1.29, 1.82) is 0 Å². The quantitative estimate of drug-likeness (QED) is 0.106. The van der Waals surface area contributed by atoms with Gasteiger partial charge in [0.1, 0.15) is 12.8 Å². The molecule has 58 heavy (non-hydrogen) atoms. The van der Waals surface area contributed by atoms with E-state index in [0.717, 1.165) is 43.2 Å². The molecule has 2 saturated heterocycles. The number of nitrogens with zero attached hydrogens (tertiary/aromatic N) is 3. The van der Waals surface area contributed by atoms with Crippen LogP contribution < -0.4 is 14.4 Å². The van der Waals surface area contributed by atoms with Crippen molar-refractivity contribution in [1.82, 2.24) is 9.21 Å². The first-order valence-electron chi connectivity index (χ1n) is 20.0. The van der Waals surface area contributed by atoms with Gasteiger partial charge in [0.15, 0.2) is 24.0 Å². The Hall–Kier alpha value is -4.48. The fourth-order valence-corrected chi connectivity index (χ4v) is 8.96. The smallest absolute Gasteiger partial charge is 0.416 e. The fraction of sp³-hybridized carbons (Fsp3) is 0.548. The van der Waals surface area contributed by atoms with E-state index in [0.29, 0.717) is 56.8 Å². The Balaban J connectivity index is 1.33. The zero-order chi connectivity index (χ0) is 41.2. The predicted molar refractivity (Wildman–Crippen MR) is 214 cm³/mol. The van der Waals surface area contributed by atoms with Gasteiger partial charge in [-0.15, -0.1) is 0 Å². The Kier molecular flexibility index (Phi) is 14.9. The number of hydrogen-bond acceptors (Lipinski definition) is 12.